The Bertz CT molecular complexity index is 707. The molecule has 126 valence electrons. The SMILES string of the molecule is COc1ccc(C(=O)OC/C=C/c2ccccc2)c(OC)c1OC. The number of carbonyl (C=O) groups is 1. The Hall–Kier alpha value is -2.95. The number of benzene rings is 2. The Morgan fingerprint density at radius 1 is 0.917 bits per heavy atom. The maximum atomic E-state index is 12.3. The van der Waals surface area contributed by atoms with Crippen molar-refractivity contribution in [1.29, 1.82) is 0 Å². The second-order valence-corrected chi connectivity index (χ2v) is 4.79. The van der Waals surface area contributed by atoms with Crippen LogP contribution in [0.15, 0.2) is 48.5 Å². The fraction of sp³-hybridized carbons (Fsp3) is 0.211. The number of esters is 1. The summed E-state index contributed by atoms with van der Waals surface area (Å²) in [5, 5.41) is 0. The van der Waals surface area contributed by atoms with Crippen molar-refractivity contribution in [3.05, 3.63) is 59.7 Å². The molecule has 2 rings (SSSR count). The highest BCUT2D eigenvalue weighted by Crippen LogP contribution is 2.39. The molecule has 0 aliphatic carbocycles. The molecule has 0 aromatic heterocycles. The van der Waals surface area contributed by atoms with Gasteiger partial charge in [0.05, 0.1) is 21.3 Å². The molecular formula is C19H20O5. The van der Waals surface area contributed by atoms with Crippen LogP contribution in [-0.2, 0) is 4.74 Å². The predicted octanol–water partition coefficient (Wildman–Crippen LogP) is 3.58. The summed E-state index contributed by atoms with van der Waals surface area (Å²) in [4.78, 5) is 12.3. The molecular weight excluding hydrogens is 308 g/mol. The number of methoxy groups -OCH3 is 3. The molecule has 24 heavy (non-hydrogen) atoms. The van der Waals surface area contributed by atoms with Crippen molar-refractivity contribution >= 4 is 12.0 Å². The van der Waals surface area contributed by atoms with E-state index in [9.17, 15) is 4.79 Å². The van der Waals surface area contributed by atoms with Crippen LogP contribution in [0.2, 0.25) is 0 Å². The molecule has 0 bridgehead atoms. The topological polar surface area (TPSA) is 54.0 Å². The van der Waals surface area contributed by atoms with Crippen molar-refractivity contribution in [3.63, 3.8) is 0 Å². The van der Waals surface area contributed by atoms with Gasteiger partial charge in [0.15, 0.2) is 11.5 Å². The van der Waals surface area contributed by atoms with Gasteiger partial charge >= 0.3 is 5.97 Å². The highest BCUT2D eigenvalue weighted by molar-refractivity contribution is 5.94. The predicted molar refractivity (Wildman–Crippen MR) is 91.9 cm³/mol. The van der Waals surface area contributed by atoms with E-state index < -0.39 is 5.97 Å². The fourth-order valence-electron chi connectivity index (χ4n) is 2.21. The van der Waals surface area contributed by atoms with Gasteiger partial charge in [-0.3, -0.25) is 0 Å². The minimum Gasteiger partial charge on any atom is -0.493 e. The smallest absolute Gasteiger partial charge is 0.342 e. The van der Waals surface area contributed by atoms with E-state index >= 15 is 0 Å². The van der Waals surface area contributed by atoms with Crippen LogP contribution in [0.3, 0.4) is 0 Å². The van der Waals surface area contributed by atoms with Gasteiger partial charge in [-0.05, 0) is 23.8 Å². The van der Waals surface area contributed by atoms with Crippen molar-refractivity contribution in [2.24, 2.45) is 0 Å². The van der Waals surface area contributed by atoms with Crippen LogP contribution in [0.4, 0.5) is 0 Å². The second kappa shape index (κ2) is 8.62. The zero-order valence-corrected chi connectivity index (χ0v) is 13.9. The van der Waals surface area contributed by atoms with Crippen molar-refractivity contribution in [3.8, 4) is 17.2 Å². The van der Waals surface area contributed by atoms with E-state index in [1.54, 1.807) is 18.2 Å². The van der Waals surface area contributed by atoms with Gasteiger partial charge in [-0.2, -0.15) is 0 Å². The lowest BCUT2D eigenvalue weighted by Crippen LogP contribution is -2.08. The van der Waals surface area contributed by atoms with E-state index in [-0.39, 0.29) is 17.9 Å². The first-order valence-electron chi connectivity index (χ1n) is 7.39. The number of rotatable bonds is 7. The van der Waals surface area contributed by atoms with Crippen LogP contribution in [-0.4, -0.2) is 33.9 Å². The molecule has 5 nitrogen and oxygen atoms in total. The molecule has 0 heterocycles. The molecule has 0 aliphatic rings. The maximum absolute atomic E-state index is 12.3. The maximum Gasteiger partial charge on any atom is 0.342 e. The lowest BCUT2D eigenvalue weighted by molar-refractivity contribution is 0.0545. The minimum atomic E-state index is -0.495. The third-order valence-electron chi connectivity index (χ3n) is 3.34. The highest BCUT2D eigenvalue weighted by atomic mass is 16.5. The number of carbonyl (C=O) groups excluding carboxylic acids is 1. The molecule has 2 aromatic rings. The van der Waals surface area contributed by atoms with Crippen LogP contribution < -0.4 is 14.2 Å². The molecule has 0 saturated carbocycles. The molecule has 0 N–H and O–H groups in total. The van der Waals surface area contributed by atoms with Crippen molar-refractivity contribution in [2.75, 3.05) is 27.9 Å². The third kappa shape index (κ3) is 4.07. The lowest BCUT2D eigenvalue weighted by Gasteiger charge is -2.14. The van der Waals surface area contributed by atoms with Crippen molar-refractivity contribution < 1.29 is 23.7 Å². The molecule has 0 spiro atoms. The Balaban J connectivity index is 2.08. The van der Waals surface area contributed by atoms with Crippen LogP contribution in [0.25, 0.3) is 6.08 Å². The van der Waals surface area contributed by atoms with Gasteiger partial charge in [0.2, 0.25) is 5.75 Å². The molecule has 0 saturated heterocycles. The van der Waals surface area contributed by atoms with E-state index in [0.29, 0.717) is 11.5 Å². The Labute approximate surface area is 141 Å². The van der Waals surface area contributed by atoms with Crippen LogP contribution in [0.1, 0.15) is 15.9 Å². The number of ether oxygens (including phenoxy) is 4. The van der Waals surface area contributed by atoms with E-state index in [4.69, 9.17) is 18.9 Å². The minimum absolute atomic E-state index is 0.158. The molecule has 0 radical (unpaired) electrons. The van der Waals surface area contributed by atoms with Crippen LogP contribution >= 0.6 is 0 Å². The third-order valence-corrected chi connectivity index (χ3v) is 3.34. The van der Waals surface area contributed by atoms with Gasteiger partial charge in [-0.1, -0.05) is 36.4 Å². The summed E-state index contributed by atoms with van der Waals surface area (Å²) in [6, 6.07) is 13.0. The van der Waals surface area contributed by atoms with Crippen LogP contribution in [0.5, 0.6) is 17.2 Å². The van der Waals surface area contributed by atoms with E-state index in [1.807, 2.05) is 36.4 Å². The summed E-state index contributed by atoms with van der Waals surface area (Å²) in [6.45, 7) is 0.158. The molecule has 0 amide bonds. The molecule has 2 aromatic carbocycles. The summed E-state index contributed by atoms with van der Waals surface area (Å²) < 4.78 is 21.0. The quantitative estimate of drug-likeness (QED) is 0.727. The Kier molecular flexibility index (Phi) is 6.25. The molecule has 0 atom stereocenters. The first-order valence-corrected chi connectivity index (χ1v) is 7.39. The van der Waals surface area contributed by atoms with E-state index in [1.165, 1.54) is 21.3 Å². The monoisotopic (exact) mass is 328 g/mol. The molecule has 0 fully saturated rings. The Morgan fingerprint density at radius 3 is 2.25 bits per heavy atom. The molecule has 5 heteroatoms. The summed E-state index contributed by atoms with van der Waals surface area (Å²) >= 11 is 0. The van der Waals surface area contributed by atoms with Crippen molar-refractivity contribution in [2.45, 2.75) is 0 Å². The summed E-state index contributed by atoms with van der Waals surface area (Å²) in [5.41, 5.74) is 1.32. The second-order valence-electron chi connectivity index (χ2n) is 4.79. The zero-order chi connectivity index (χ0) is 17.4. The zero-order valence-electron chi connectivity index (χ0n) is 13.9. The van der Waals surface area contributed by atoms with Gasteiger partial charge in [0.25, 0.3) is 0 Å². The largest absolute Gasteiger partial charge is 0.493 e. The lowest BCUT2D eigenvalue weighted by atomic mass is 10.1. The number of hydrogen-bond acceptors (Lipinski definition) is 5. The average Bonchev–Trinajstić information content (AvgIpc) is 2.64. The van der Waals surface area contributed by atoms with Gasteiger partial charge in [0.1, 0.15) is 12.2 Å². The average molecular weight is 328 g/mol. The summed E-state index contributed by atoms with van der Waals surface area (Å²) in [6.07, 6.45) is 3.67. The van der Waals surface area contributed by atoms with Crippen LogP contribution in [0, 0.1) is 0 Å². The Morgan fingerprint density at radius 2 is 1.62 bits per heavy atom. The van der Waals surface area contributed by atoms with Crippen molar-refractivity contribution in [1.82, 2.24) is 0 Å². The standard InChI is InChI=1S/C19H20O5/c1-21-16-12-11-15(17(22-2)18(16)23-3)19(20)24-13-7-10-14-8-5-4-6-9-14/h4-12H,13H2,1-3H3/b10-7+. The summed E-state index contributed by atoms with van der Waals surface area (Å²) in [7, 11) is 4.46. The molecule has 0 aliphatic heterocycles. The highest BCUT2D eigenvalue weighted by Gasteiger charge is 2.21. The van der Waals surface area contributed by atoms with Gasteiger partial charge in [0, 0.05) is 0 Å². The van der Waals surface area contributed by atoms with Gasteiger partial charge < -0.3 is 18.9 Å². The van der Waals surface area contributed by atoms with E-state index in [0.717, 1.165) is 5.56 Å². The van der Waals surface area contributed by atoms with Gasteiger partial charge in [-0.15, -0.1) is 0 Å². The summed E-state index contributed by atoms with van der Waals surface area (Å²) in [5.74, 6) is 0.628. The normalized spacial score (nSPS) is 10.5. The first kappa shape index (κ1) is 17.4. The molecule has 0 unspecified atom stereocenters. The number of hydrogen-bond donors (Lipinski definition) is 0. The fourth-order valence-corrected chi connectivity index (χ4v) is 2.21. The van der Waals surface area contributed by atoms with E-state index in [2.05, 4.69) is 0 Å². The van der Waals surface area contributed by atoms with Gasteiger partial charge in [-0.25, -0.2) is 4.79 Å². The first-order chi connectivity index (χ1) is 11.7.